The van der Waals surface area contributed by atoms with Gasteiger partial charge in [-0.05, 0) is 29.7 Å². The first-order valence-corrected chi connectivity index (χ1v) is 11.7. The molecule has 10 heteroatoms. The molecular formula is C24H21F2N3O4S. The van der Waals surface area contributed by atoms with Crippen molar-refractivity contribution in [3.05, 3.63) is 92.9 Å². The fraction of sp³-hybridized carbons (Fsp3) is 0.250. The Morgan fingerprint density at radius 3 is 2.76 bits per heavy atom. The fourth-order valence-corrected chi connectivity index (χ4v) is 5.30. The lowest BCUT2D eigenvalue weighted by Gasteiger charge is -2.41. The van der Waals surface area contributed by atoms with Crippen LogP contribution in [0, 0.1) is 11.6 Å². The Morgan fingerprint density at radius 2 is 1.91 bits per heavy atom. The van der Waals surface area contributed by atoms with Gasteiger partial charge in [0.2, 0.25) is 5.43 Å². The minimum atomic E-state index is -0.754. The molecule has 3 aliphatic heterocycles. The van der Waals surface area contributed by atoms with Crippen LogP contribution >= 0.6 is 11.8 Å². The summed E-state index contributed by atoms with van der Waals surface area (Å²) in [7, 11) is 0. The summed E-state index contributed by atoms with van der Waals surface area (Å²) in [5.41, 5.74) is 5.00. The van der Waals surface area contributed by atoms with Crippen LogP contribution in [0.5, 0.6) is 5.75 Å². The Labute approximate surface area is 197 Å². The molecule has 0 radical (unpaired) electrons. The first-order chi connectivity index (χ1) is 16.4. The topological polar surface area (TPSA) is 83.8 Å². The van der Waals surface area contributed by atoms with Gasteiger partial charge in [0.05, 0.1) is 13.2 Å². The molecule has 3 aliphatic rings. The van der Waals surface area contributed by atoms with Crippen molar-refractivity contribution in [1.29, 1.82) is 0 Å². The van der Waals surface area contributed by atoms with Gasteiger partial charge in [0.15, 0.2) is 23.1 Å². The van der Waals surface area contributed by atoms with Crippen molar-refractivity contribution in [2.75, 3.05) is 25.2 Å². The largest absolute Gasteiger partial charge is 0.502 e. The molecule has 6 rings (SSSR count). The number of aromatic hydroxyl groups is 1. The van der Waals surface area contributed by atoms with Crippen molar-refractivity contribution in [2.24, 2.45) is 0 Å². The molecule has 1 aromatic heterocycles. The SMILES string of the molecule is Fc1ccc2c(c1F)CSc1ccccc1C2.O=C1c2c(O)c(=O)ccn2N[C@@H]2COCCN12. The number of nitrogens with zero attached hydrogens (tertiary/aromatic N) is 2. The van der Waals surface area contributed by atoms with Gasteiger partial charge >= 0.3 is 0 Å². The zero-order valence-electron chi connectivity index (χ0n) is 18.0. The van der Waals surface area contributed by atoms with Crippen LogP contribution < -0.4 is 10.9 Å². The van der Waals surface area contributed by atoms with E-state index in [1.165, 1.54) is 28.6 Å². The number of fused-ring (bicyclic) bond motifs is 4. The molecular weight excluding hydrogens is 464 g/mol. The Morgan fingerprint density at radius 1 is 1.09 bits per heavy atom. The van der Waals surface area contributed by atoms with Gasteiger partial charge in [0.1, 0.15) is 6.17 Å². The smallest absolute Gasteiger partial charge is 0.278 e. The van der Waals surface area contributed by atoms with Crippen LogP contribution in [0.3, 0.4) is 0 Å². The average Bonchev–Trinajstić information content (AvgIpc) is 3.04. The van der Waals surface area contributed by atoms with Crippen LogP contribution in [0.4, 0.5) is 8.78 Å². The summed E-state index contributed by atoms with van der Waals surface area (Å²) in [4.78, 5) is 26.2. The molecule has 0 bridgehead atoms. The number of thioether (sulfide) groups is 1. The monoisotopic (exact) mass is 485 g/mol. The van der Waals surface area contributed by atoms with Gasteiger partial charge in [-0.25, -0.2) is 8.78 Å². The van der Waals surface area contributed by atoms with Gasteiger partial charge in [-0.1, -0.05) is 24.3 Å². The number of ether oxygens (including phenoxy) is 1. The van der Waals surface area contributed by atoms with E-state index in [0.717, 1.165) is 10.5 Å². The van der Waals surface area contributed by atoms with Crippen molar-refractivity contribution >= 4 is 17.7 Å². The Kier molecular flexibility index (Phi) is 6.01. The van der Waals surface area contributed by atoms with Gasteiger partial charge < -0.3 is 20.2 Å². The molecule has 1 saturated heterocycles. The summed E-state index contributed by atoms with van der Waals surface area (Å²) >= 11 is 1.57. The van der Waals surface area contributed by atoms with Crippen LogP contribution in [-0.2, 0) is 16.9 Å². The van der Waals surface area contributed by atoms with Crippen LogP contribution in [-0.4, -0.2) is 46.5 Å². The molecule has 1 fully saturated rings. The van der Waals surface area contributed by atoms with Gasteiger partial charge in [0, 0.05) is 35.0 Å². The lowest BCUT2D eigenvalue weighted by Crippen LogP contribution is -2.59. The van der Waals surface area contributed by atoms with Crippen LogP contribution in [0.25, 0.3) is 0 Å². The Balaban J connectivity index is 0.000000142. The number of pyridine rings is 1. The first-order valence-electron chi connectivity index (χ1n) is 10.7. The van der Waals surface area contributed by atoms with E-state index in [4.69, 9.17) is 4.74 Å². The third kappa shape index (κ3) is 4.03. The number of carbonyl (C=O) groups is 1. The quantitative estimate of drug-likeness (QED) is 0.509. The van der Waals surface area contributed by atoms with E-state index in [0.29, 0.717) is 37.5 Å². The van der Waals surface area contributed by atoms with E-state index in [2.05, 4.69) is 5.43 Å². The molecule has 2 aromatic carbocycles. The number of amides is 1. The number of aromatic nitrogens is 1. The van der Waals surface area contributed by atoms with E-state index < -0.39 is 22.8 Å². The maximum atomic E-state index is 13.7. The van der Waals surface area contributed by atoms with E-state index in [9.17, 15) is 23.5 Å². The number of nitrogens with one attached hydrogen (secondary N) is 1. The van der Waals surface area contributed by atoms with Gasteiger partial charge in [-0.3, -0.25) is 14.3 Å². The fourth-order valence-electron chi connectivity index (χ4n) is 4.19. The zero-order chi connectivity index (χ0) is 23.8. The third-order valence-corrected chi connectivity index (χ3v) is 7.11. The second kappa shape index (κ2) is 9.11. The summed E-state index contributed by atoms with van der Waals surface area (Å²) in [6.07, 6.45) is 1.85. The summed E-state index contributed by atoms with van der Waals surface area (Å²) < 4.78 is 33.5. The van der Waals surface area contributed by atoms with E-state index in [-0.39, 0.29) is 17.8 Å². The lowest BCUT2D eigenvalue weighted by atomic mass is 10.0. The van der Waals surface area contributed by atoms with Crippen molar-refractivity contribution in [1.82, 2.24) is 9.58 Å². The minimum Gasteiger partial charge on any atom is -0.502 e. The van der Waals surface area contributed by atoms with Crippen molar-refractivity contribution in [2.45, 2.75) is 23.2 Å². The summed E-state index contributed by atoms with van der Waals surface area (Å²) in [5, 5.41) is 9.65. The minimum absolute atomic E-state index is 0.0179. The molecule has 2 N–H and O–H groups in total. The highest BCUT2D eigenvalue weighted by atomic mass is 32.2. The number of benzene rings is 2. The highest BCUT2D eigenvalue weighted by Gasteiger charge is 2.36. The van der Waals surface area contributed by atoms with E-state index >= 15 is 0 Å². The number of carbonyl (C=O) groups excluding carboxylic acids is 1. The first kappa shape index (κ1) is 22.4. The molecule has 3 aromatic rings. The molecule has 7 nitrogen and oxygen atoms in total. The number of halogens is 2. The van der Waals surface area contributed by atoms with Crippen molar-refractivity contribution in [3.63, 3.8) is 0 Å². The molecule has 1 amide bonds. The zero-order valence-corrected chi connectivity index (χ0v) is 18.8. The lowest BCUT2D eigenvalue weighted by molar-refractivity contribution is -0.00314. The number of hydrogen-bond donors (Lipinski definition) is 2. The number of morpholine rings is 1. The van der Waals surface area contributed by atoms with Gasteiger partial charge in [-0.15, -0.1) is 11.8 Å². The normalized spacial score (nSPS) is 18.2. The van der Waals surface area contributed by atoms with Gasteiger partial charge in [-0.2, -0.15) is 0 Å². The second-order valence-corrected chi connectivity index (χ2v) is 9.05. The molecule has 1 atom stereocenters. The molecule has 0 aliphatic carbocycles. The molecule has 176 valence electrons. The molecule has 0 unspecified atom stereocenters. The molecule has 4 heterocycles. The molecule has 34 heavy (non-hydrogen) atoms. The molecule has 0 spiro atoms. The highest BCUT2D eigenvalue weighted by Crippen LogP contribution is 2.35. The van der Waals surface area contributed by atoms with Crippen molar-refractivity contribution in [3.8, 4) is 5.75 Å². The number of hydrogen-bond acceptors (Lipinski definition) is 6. The van der Waals surface area contributed by atoms with Crippen LogP contribution in [0.1, 0.15) is 27.2 Å². The summed E-state index contributed by atoms with van der Waals surface area (Å²) in [6.45, 7) is 1.29. The number of rotatable bonds is 0. The third-order valence-electron chi connectivity index (χ3n) is 5.97. The standard InChI is InChI=1S/C14H10F2S.C10H11N3O4/c15-12-6-5-9-7-10-3-1-2-4-13(10)17-8-11(9)14(12)16;14-6-1-2-13-8(9(6)15)10(16)12-3-4-17-5-7(12)11-13/h1-6H,7-8H2;1-2,7,11,15H,3-5H2/t;7-/m.0/s1. The Bertz CT molecular complexity index is 1330. The summed E-state index contributed by atoms with van der Waals surface area (Å²) in [6, 6.07) is 12.1. The highest BCUT2D eigenvalue weighted by molar-refractivity contribution is 7.98. The predicted molar refractivity (Wildman–Crippen MR) is 123 cm³/mol. The maximum absolute atomic E-state index is 13.7. The maximum Gasteiger partial charge on any atom is 0.278 e. The Hall–Kier alpha value is -3.37. The summed E-state index contributed by atoms with van der Waals surface area (Å²) in [5.74, 6) is -1.82. The van der Waals surface area contributed by atoms with E-state index in [1.807, 2.05) is 24.3 Å². The predicted octanol–water partition coefficient (Wildman–Crippen LogP) is 3.07. The average molecular weight is 486 g/mol. The van der Waals surface area contributed by atoms with Crippen LogP contribution in [0.15, 0.2) is 58.4 Å². The van der Waals surface area contributed by atoms with Crippen molar-refractivity contribution < 1.29 is 23.4 Å². The molecule has 0 saturated carbocycles. The van der Waals surface area contributed by atoms with Crippen LogP contribution in [0.2, 0.25) is 0 Å². The van der Waals surface area contributed by atoms with Gasteiger partial charge in [0.25, 0.3) is 5.91 Å². The second-order valence-electron chi connectivity index (χ2n) is 8.04. The van der Waals surface area contributed by atoms with E-state index in [1.54, 1.807) is 22.7 Å².